The zero-order valence-electron chi connectivity index (χ0n) is 14.5. The van der Waals surface area contributed by atoms with Crippen LogP contribution in [-0.2, 0) is 15.6 Å². The minimum absolute atomic E-state index is 0.133. The van der Waals surface area contributed by atoms with Crippen LogP contribution >= 0.6 is 0 Å². The predicted octanol–water partition coefficient (Wildman–Crippen LogP) is 2.66. The number of nitrogens with zero attached hydrogens (tertiary/aromatic N) is 3. The number of hydrogen-bond donors (Lipinski definition) is 2. The van der Waals surface area contributed by atoms with E-state index in [1.165, 1.54) is 24.5 Å². The number of aromatic nitrogens is 3. The normalized spacial score (nSPS) is 16.3. The first-order valence-corrected chi connectivity index (χ1v) is 10.1. The van der Waals surface area contributed by atoms with Crippen LogP contribution in [0.25, 0.3) is 11.5 Å². The summed E-state index contributed by atoms with van der Waals surface area (Å²) in [5, 5.41) is 4.03. The van der Waals surface area contributed by atoms with Crippen LogP contribution in [0.15, 0.2) is 58.2 Å². The smallest absolute Gasteiger partial charge is 0.261 e. The van der Waals surface area contributed by atoms with Crippen LogP contribution in [0.4, 0.5) is 5.69 Å². The zero-order valence-corrected chi connectivity index (χ0v) is 15.3. The van der Waals surface area contributed by atoms with E-state index in [0.29, 0.717) is 23.0 Å². The molecule has 2 aromatic heterocycles. The van der Waals surface area contributed by atoms with Crippen LogP contribution in [0.2, 0.25) is 0 Å². The third kappa shape index (κ3) is 3.56. The van der Waals surface area contributed by atoms with Gasteiger partial charge in [0.1, 0.15) is 0 Å². The average molecular weight is 385 g/mol. The topological polar surface area (TPSA) is 124 Å². The first kappa shape index (κ1) is 17.6. The number of anilines is 1. The second-order valence-electron chi connectivity index (χ2n) is 6.65. The van der Waals surface area contributed by atoms with Crippen molar-refractivity contribution >= 4 is 15.7 Å². The maximum Gasteiger partial charge on any atom is 0.261 e. The van der Waals surface area contributed by atoms with E-state index in [1.807, 2.05) is 0 Å². The standard InChI is InChI=1S/C18H19N5O3S/c19-18(9-1-2-10-18)17-21-16(26-22-17)13-3-5-15(6-4-13)27(24,25)23-14-7-11-20-12-8-14/h3-8,11-12H,1-2,9-10,19H2,(H,20,23). The predicted molar refractivity (Wildman–Crippen MR) is 99.1 cm³/mol. The SMILES string of the molecule is NC1(c2noc(-c3ccc(S(=O)(=O)Nc4ccncc4)cc3)n2)CCCC1. The molecule has 0 spiro atoms. The maximum absolute atomic E-state index is 12.5. The van der Waals surface area contributed by atoms with E-state index < -0.39 is 15.6 Å². The van der Waals surface area contributed by atoms with Crippen molar-refractivity contribution in [2.24, 2.45) is 5.73 Å². The fraction of sp³-hybridized carbons (Fsp3) is 0.278. The third-order valence-corrected chi connectivity index (χ3v) is 6.11. The van der Waals surface area contributed by atoms with Crippen molar-refractivity contribution in [2.45, 2.75) is 36.1 Å². The van der Waals surface area contributed by atoms with Gasteiger partial charge in [-0.1, -0.05) is 18.0 Å². The number of sulfonamides is 1. The molecule has 4 rings (SSSR count). The van der Waals surface area contributed by atoms with Crippen molar-refractivity contribution in [1.29, 1.82) is 0 Å². The van der Waals surface area contributed by atoms with Gasteiger partial charge in [-0.05, 0) is 49.2 Å². The number of benzene rings is 1. The molecule has 2 heterocycles. The molecule has 1 fully saturated rings. The molecular weight excluding hydrogens is 366 g/mol. The molecule has 0 radical (unpaired) electrons. The Morgan fingerprint density at radius 2 is 1.70 bits per heavy atom. The van der Waals surface area contributed by atoms with Crippen molar-refractivity contribution in [3.05, 3.63) is 54.6 Å². The lowest BCUT2D eigenvalue weighted by molar-refractivity contribution is 0.372. The van der Waals surface area contributed by atoms with Gasteiger partial charge in [0, 0.05) is 18.0 Å². The monoisotopic (exact) mass is 385 g/mol. The van der Waals surface area contributed by atoms with Gasteiger partial charge in [0.25, 0.3) is 15.9 Å². The summed E-state index contributed by atoms with van der Waals surface area (Å²) in [7, 11) is -3.69. The van der Waals surface area contributed by atoms with Gasteiger partial charge < -0.3 is 10.3 Å². The molecule has 140 valence electrons. The van der Waals surface area contributed by atoms with Gasteiger partial charge in [-0.25, -0.2) is 8.42 Å². The fourth-order valence-electron chi connectivity index (χ4n) is 3.18. The van der Waals surface area contributed by atoms with E-state index in [2.05, 4.69) is 19.8 Å². The lowest BCUT2D eigenvalue weighted by Gasteiger charge is -2.17. The molecule has 3 N–H and O–H groups in total. The van der Waals surface area contributed by atoms with Gasteiger partial charge in [0.2, 0.25) is 0 Å². The summed E-state index contributed by atoms with van der Waals surface area (Å²) < 4.78 is 32.8. The third-order valence-electron chi connectivity index (χ3n) is 4.71. The number of rotatable bonds is 5. The van der Waals surface area contributed by atoms with Crippen LogP contribution in [0.3, 0.4) is 0 Å². The van der Waals surface area contributed by atoms with E-state index in [4.69, 9.17) is 10.3 Å². The van der Waals surface area contributed by atoms with E-state index in [-0.39, 0.29) is 4.90 Å². The van der Waals surface area contributed by atoms with Crippen molar-refractivity contribution < 1.29 is 12.9 Å². The Morgan fingerprint density at radius 1 is 1.04 bits per heavy atom. The van der Waals surface area contributed by atoms with Crippen LogP contribution in [0, 0.1) is 0 Å². The summed E-state index contributed by atoms with van der Waals surface area (Å²) in [5.74, 6) is 0.832. The second kappa shape index (κ2) is 6.75. The van der Waals surface area contributed by atoms with Crippen LogP contribution in [0.5, 0.6) is 0 Å². The van der Waals surface area contributed by atoms with Crippen LogP contribution < -0.4 is 10.5 Å². The lowest BCUT2D eigenvalue weighted by atomic mass is 9.99. The van der Waals surface area contributed by atoms with Crippen molar-refractivity contribution in [3.8, 4) is 11.5 Å². The quantitative estimate of drug-likeness (QED) is 0.692. The number of hydrogen-bond acceptors (Lipinski definition) is 7. The van der Waals surface area contributed by atoms with Crippen molar-refractivity contribution in [1.82, 2.24) is 15.1 Å². The van der Waals surface area contributed by atoms with Crippen molar-refractivity contribution in [2.75, 3.05) is 4.72 Å². The first-order chi connectivity index (χ1) is 13.0. The summed E-state index contributed by atoms with van der Waals surface area (Å²) in [5.41, 5.74) is 6.90. The Hall–Kier alpha value is -2.78. The molecule has 1 aliphatic rings. The van der Waals surface area contributed by atoms with E-state index in [9.17, 15) is 8.42 Å². The maximum atomic E-state index is 12.5. The molecule has 1 aliphatic carbocycles. The molecule has 8 nitrogen and oxygen atoms in total. The van der Waals surface area contributed by atoms with Crippen LogP contribution in [0.1, 0.15) is 31.5 Å². The zero-order chi connectivity index (χ0) is 18.9. The molecule has 0 amide bonds. The summed E-state index contributed by atoms with van der Waals surface area (Å²) in [6, 6.07) is 9.43. The Morgan fingerprint density at radius 3 is 2.37 bits per heavy atom. The molecular formula is C18H19N5O3S. The molecule has 27 heavy (non-hydrogen) atoms. The van der Waals surface area contributed by atoms with Crippen LogP contribution in [-0.4, -0.2) is 23.5 Å². The highest BCUT2D eigenvalue weighted by Crippen LogP contribution is 2.35. The number of nitrogens with one attached hydrogen (secondary N) is 1. The molecule has 1 saturated carbocycles. The van der Waals surface area contributed by atoms with Gasteiger partial charge >= 0.3 is 0 Å². The molecule has 0 aliphatic heterocycles. The highest BCUT2D eigenvalue weighted by molar-refractivity contribution is 7.92. The van der Waals surface area contributed by atoms with E-state index >= 15 is 0 Å². The minimum Gasteiger partial charge on any atom is -0.334 e. The second-order valence-corrected chi connectivity index (χ2v) is 8.33. The molecule has 3 aromatic rings. The minimum atomic E-state index is -3.69. The van der Waals surface area contributed by atoms with E-state index in [1.54, 1.807) is 24.3 Å². The largest absolute Gasteiger partial charge is 0.334 e. The highest BCUT2D eigenvalue weighted by Gasteiger charge is 2.36. The Balaban J connectivity index is 1.55. The fourth-order valence-corrected chi connectivity index (χ4v) is 4.24. The molecule has 9 heteroatoms. The Labute approximate surface area is 156 Å². The Kier molecular flexibility index (Phi) is 4.40. The Bertz CT molecular complexity index is 1030. The first-order valence-electron chi connectivity index (χ1n) is 8.63. The van der Waals surface area contributed by atoms with Gasteiger partial charge in [-0.3, -0.25) is 9.71 Å². The van der Waals surface area contributed by atoms with Crippen molar-refractivity contribution in [3.63, 3.8) is 0 Å². The molecule has 0 unspecified atom stereocenters. The number of nitrogens with two attached hydrogens (primary N) is 1. The average Bonchev–Trinajstić information content (AvgIpc) is 3.33. The number of pyridine rings is 1. The van der Waals surface area contributed by atoms with Gasteiger partial charge in [0.15, 0.2) is 5.82 Å². The lowest BCUT2D eigenvalue weighted by Crippen LogP contribution is -2.34. The summed E-state index contributed by atoms with van der Waals surface area (Å²) in [6.45, 7) is 0. The summed E-state index contributed by atoms with van der Waals surface area (Å²) in [6.07, 6.45) is 6.81. The van der Waals surface area contributed by atoms with E-state index in [0.717, 1.165) is 25.7 Å². The van der Waals surface area contributed by atoms with Gasteiger partial charge in [0.05, 0.1) is 16.1 Å². The summed E-state index contributed by atoms with van der Waals surface area (Å²) >= 11 is 0. The molecule has 0 saturated heterocycles. The molecule has 0 bridgehead atoms. The van der Waals surface area contributed by atoms with Gasteiger partial charge in [-0.2, -0.15) is 4.98 Å². The molecule has 0 atom stereocenters. The highest BCUT2D eigenvalue weighted by atomic mass is 32.2. The van der Waals surface area contributed by atoms with Gasteiger partial charge in [-0.15, -0.1) is 0 Å². The summed E-state index contributed by atoms with van der Waals surface area (Å²) in [4.78, 5) is 8.41. The molecule has 1 aromatic carbocycles.